The van der Waals surface area contributed by atoms with E-state index in [1.807, 2.05) is 61.5 Å². The van der Waals surface area contributed by atoms with E-state index in [0.29, 0.717) is 29.5 Å². The van der Waals surface area contributed by atoms with E-state index in [1.165, 1.54) is 4.90 Å². The van der Waals surface area contributed by atoms with Crippen LogP contribution in [0.2, 0.25) is 0 Å². The van der Waals surface area contributed by atoms with Gasteiger partial charge in [-0.15, -0.1) is 0 Å². The number of anilines is 1. The Morgan fingerprint density at radius 2 is 1.85 bits per heavy atom. The Hall–Kier alpha value is -4.26. The van der Waals surface area contributed by atoms with E-state index in [1.54, 1.807) is 18.2 Å². The molecule has 0 spiro atoms. The number of nitrogens with zero attached hydrogens (tertiary/aromatic N) is 1. The molecule has 2 aliphatic heterocycles. The topological polar surface area (TPSA) is 77.1 Å². The van der Waals surface area contributed by atoms with Crippen molar-refractivity contribution in [1.82, 2.24) is 5.32 Å². The predicted molar refractivity (Wildman–Crippen MR) is 123 cm³/mol. The third-order valence-corrected chi connectivity index (χ3v) is 5.40. The normalized spacial score (nSPS) is 15.2. The fraction of sp³-hybridized carbons (Fsp3) is 0.154. The number of nitrogens with one attached hydrogen (secondary N) is 1. The van der Waals surface area contributed by atoms with Crippen molar-refractivity contribution in [3.8, 4) is 17.2 Å². The van der Waals surface area contributed by atoms with E-state index in [9.17, 15) is 9.59 Å². The molecule has 2 aliphatic rings. The zero-order valence-corrected chi connectivity index (χ0v) is 18.0. The molecule has 3 aromatic carbocycles. The van der Waals surface area contributed by atoms with Gasteiger partial charge in [-0.3, -0.25) is 14.5 Å². The Balaban J connectivity index is 1.33. The van der Waals surface area contributed by atoms with Gasteiger partial charge >= 0.3 is 0 Å². The molecule has 7 heteroatoms. The fourth-order valence-electron chi connectivity index (χ4n) is 3.78. The van der Waals surface area contributed by atoms with Crippen molar-refractivity contribution < 1.29 is 23.8 Å². The molecule has 3 aromatic rings. The summed E-state index contributed by atoms with van der Waals surface area (Å²) >= 11 is 0. The van der Waals surface area contributed by atoms with Crippen LogP contribution in [-0.2, 0) is 16.1 Å². The lowest BCUT2D eigenvalue weighted by Gasteiger charge is -2.30. The molecule has 0 atom stereocenters. The molecule has 2 heterocycles. The molecule has 2 amide bonds. The summed E-state index contributed by atoms with van der Waals surface area (Å²) < 4.78 is 16.6. The van der Waals surface area contributed by atoms with Crippen molar-refractivity contribution in [3.05, 3.63) is 89.2 Å². The van der Waals surface area contributed by atoms with Crippen LogP contribution in [0.5, 0.6) is 17.2 Å². The van der Waals surface area contributed by atoms with Gasteiger partial charge in [-0.1, -0.05) is 48.0 Å². The molecule has 0 fully saturated rings. The van der Waals surface area contributed by atoms with Crippen LogP contribution in [0.25, 0.3) is 6.08 Å². The van der Waals surface area contributed by atoms with E-state index in [-0.39, 0.29) is 30.9 Å². The molecule has 7 nitrogen and oxygen atoms in total. The third-order valence-electron chi connectivity index (χ3n) is 5.40. The van der Waals surface area contributed by atoms with Crippen molar-refractivity contribution >= 4 is 23.6 Å². The highest BCUT2D eigenvalue weighted by atomic mass is 16.7. The highest BCUT2D eigenvalue weighted by Gasteiger charge is 2.31. The summed E-state index contributed by atoms with van der Waals surface area (Å²) in [4.78, 5) is 27.4. The first-order chi connectivity index (χ1) is 16.1. The standard InChI is InChI=1S/C26H22N2O5/c1-17-5-4-6-18(11-17)12-24-26(30)28(20-7-2-3-8-21(20)33-24)15-25(29)27-14-19-9-10-22-23(13-19)32-16-31-22/h2-13H,14-16H2,1H3,(H,27,29)/b24-12+. The number of benzene rings is 3. The second-order valence-electron chi connectivity index (χ2n) is 7.85. The maximum atomic E-state index is 13.2. The Kier molecular flexibility index (Phi) is 5.44. The van der Waals surface area contributed by atoms with Crippen LogP contribution in [-0.4, -0.2) is 25.2 Å². The average Bonchev–Trinajstić information content (AvgIpc) is 3.28. The van der Waals surface area contributed by atoms with Crippen LogP contribution in [0.1, 0.15) is 16.7 Å². The van der Waals surface area contributed by atoms with Gasteiger partial charge < -0.3 is 19.5 Å². The quantitative estimate of drug-likeness (QED) is 0.608. The minimum atomic E-state index is -0.367. The van der Waals surface area contributed by atoms with Crippen LogP contribution in [0.4, 0.5) is 5.69 Å². The van der Waals surface area contributed by atoms with Gasteiger partial charge in [0.1, 0.15) is 6.54 Å². The van der Waals surface area contributed by atoms with E-state index in [4.69, 9.17) is 14.2 Å². The summed E-state index contributed by atoms with van der Waals surface area (Å²) in [6, 6.07) is 20.5. The maximum Gasteiger partial charge on any atom is 0.294 e. The Bertz CT molecular complexity index is 1270. The third kappa shape index (κ3) is 4.39. The number of rotatable bonds is 5. The summed E-state index contributed by atoms with van der Waals surface area (Å²) in [7, 11) is 0. The summed E-state index contributed by atoms with van der Waals surface area (Å²) in [6.07, 6.45) is 1.70. The fourth-order valence-corrected chi connectivity index (χ4v) is 3.78. The number of amides is 2. The molecule has 33 heavy (non-hydrogen) atoms. The van der Waals surface area contributed by atoms with Crippen molar-refractivity contribution in [1.29, 1.82) is 0 Å². The number of carbonyl (C=O) groups excluding carboxylic acids is 2. The lowest BCUT2D eigenvalue weighted by Crippen LogP contribution is -2.44. The monoisotopic (exact) mass is 442 g/mol. The summed E-state index contributed by atoms with van der Waals surface area (Å²) in [5.41, 5.74) is 3.36. The molecule has 0 saturated carbocycles. The van der Waals surface area contributed by atoms with E-state index in [0.717, 1.165) is 16.7 Å². The van der Waals surface area contributed by atoms with Crippen molar-refractivity contribution in [2.45, 2.75) is 13.5 Å². The summed E-state index contributed by atoms with van der Waals surface area (Å²) in [5, 5.41) is 2.87. The molecule has 0 unspecified atom stereocenters. The molecule has 0 radical (unpaired) electrons. The zero-order chi connectivity index (χ0) is 22.8. The lowest BCUT2D eigenvalue weighted by molar-refractivity contribution is -0.123. The SMILES string of the molecule is Cc1cccc(/C=C2/Oc3ccccc3N(CC(=O)NCc3ccc4c(c3)OCO4)C2=O)c1. The van der Waals surface area contributed by atoms with Gasteiger partial charge in [0.15, 0.2) is 23.0 Å². The van der Waals surface area contributed by atoms with Gasteiger partial charge in [-0.25, -0.2) is 0 Å². The first-order valence-electron chi connectivity index (χ1n) is 10.6. The Morgan fingerprint density at radius 1 is 1.00 bits per heavy atom. The van der Waals surface area contributed by atoms with Gasteiger partial charge in [0.05, 0.1) is 5.69 Å². The number of carbonyl (C=O) groups is 2. The second kappa shape index (κ2) is 8.70. The van der Waals surface area contributed by atoms with Crippen LogP contribution in [0.3, 0.4) is 0 Å². The average molecular weight is 442 g/mol. The van der Waals surface area contributed by atoms with E-state index in [2.05, 4.69) is 5.32 Å². The Morgan fingerprint density at radius 3 is 2.73 bits per heavy atom. The zero-order valence-electron chi connectivity index (χ0n) is 18.0. The molecule has 0 saturated heterocycles. The van der Waals surface area contributed by atoms with Gasteiger partial charge in [0, 0.05) is 6.54 Å². The number of ether oxygens (including phenoxy) is 3. The van der Waals surface area contributed by atoms with E-state index < -0.39 is 0 Å². The van der Waals surface area contributed by atoms with Crippen LogP contribution in [0, 0.1) is 6.92 Å². The molecule has 0 bridgehead atoms. The molecular formula is C26H22N2O5. The van der Waals surface area contributed by atoms with Crippen molar-refractivity contribution in [2.75, 3.05) is 18.2 Å². The van der Waals surface area contributed by atoms with Gasteiger partial charge in [-0.05, 0) is 48.4 Å². The van der Waals surface area contributed by atoms with Crippen LogP contribution in [0.15, 0.2) is 72.5 Å². The first-order valence-corrected chi connectivity index (χ1v) is 10.6. The number of para-hydroxylation sites is 2. The predicted octanol–water partition coefficient (Wildman–Crippen LogP) is 3.81. The number of aryl methyl sites for hydroxylation is 1. The van der Waals surface area contributed by atoms with Crippen molar-refractivity contribution in [2.24, 2.45) is 0 Å². The molecule has 0 aliphatic carbocycles. The Labute approximate surface area is 191 Å². The van der Waals surface area contributed by atoms with Gasteiger partial charge in [0.25, 0.3) is 5.91 Å². The highest BCUT2D eigenvalue weighted by Crippen LogP contribution is 2.35. The smallest absolute Gasteiger partial charge is 0.294 e. The largest absolute Gasteiger partial charge is 0.454 e. The molecule has 166 valence electrons. The summed E-state index contributed by atoms with van der Waals surface area (Å²) in [5.74, 6) is 1.39. The number of hydrogen-bond donors (Lipinski definition) is 1. The highest BCUT2D eigenvalue weighted by molar-refractivity contribution is 6.12. The first kappa shape index (κ1) is 20.6. The minimum absolute atomic E-state index is 0.130. The molecular weight excluding hydrogens is 420 g/mol. The van der Waals surface area contributed by atoms with Crippen LogP contribution >= 0.6 is 0 Å². The minimum Gasteiger partial charge on any atom is -0.454 e. The second-order valence-corrected chi connectivity index (χ2v) is 7.85. The number of fused-ring (bicyclic) bond motifs is 2. The molecule has 5 rings (SSSR count). The van der Waals surface area contributed by atoms with Gasteiger partial charge in [-0.2, -0.15) is 0 Å². The van der Waals surface area contributed by atoms with Crippen molar-refractivity contribution in [3.63, 3.8) is 0 Å². The number of hydrogen-bond acceptors (Lipinski definition) is 5. The van der Waals surface area contributed by atoms with E-state index >= 15 is 0 Å². The molecule has 1 N–H and O–H groups in total. The maximum absolute atomic E-state index is 13.2. The summed E-state index contributed by atoms with van der Waals surface area (Å²) in [6.45, 7) is 2.36. The lowest BCUT2D eigenvalue weighted by atomic mass is 10.1. The van der Waals surface area contributed by atoms with Crippen LogP contribution < -0.4 is 24.4 Å². The molecule has 0 aromatic heterocycles. The van der Waals surface area contributed by atoms with Gasteiger partial charge in [0.2, 0.25) is 12.7 Å².